The summed E-state index contributed by atoms with van der Waals surface area (Å²) in [4.78, 5) is 18.4. The van der Waals surface area contributed by atoms with Gasteiger partial charge in [0.15, 0.2) is 0 Å². The second-order valence-electron chi connectivity index (χ2n) is 9.92. The number of alkyl halides is 4. The fraction of sp³-hybridized carbons (Fsp3) is 0.448. The lowest BCUT2D eigenvalue weighted by Crippen LogP contribution is -2.44. The number of methoxy groups -OCH3 is 1. The SMILES string of the molecule is COc1ccc2nccc(C(F)CC[C@@H]3CCN(CCCc4ccc(C(F)(F)F)cc4)C[C@@H]3C(=O)O)c2c1. The monoisotopic (exact) mass is 532 g/mol. The number of hydrogen-bond donors (Lipinski definition) is 1. The van der Waals surface area contributed by atoms with Crippen LogP contribution in [-0.4, -0.2) is 47.7 Å². The van der Waals surface area contributed by atoms with Crippen LogP contribution in [0, 0.1) is 11.8 Å². The number of aryl methyl sites for hydroxylation is 1. The van der Waals surface area contributed by atoms with Crippen molar-refractivity contribution in [2.24, 2.45) is 11.8 Å². The molecule has 1 saturated heterocycles. The quantitative estimate of drug-likeness (QED) is 0.294. The van der Waals surface area contributed by atoms with Gasteiger partial charge in [-0.15, -0.1) is 0 Å². The molecule has 0 amide bonds. The minimum absolute atomic E-state index is 0.125. The molecule has 1 aliphatic heterocycles. The van der Waals surface area contributed by atoms with Crippen molar-refractivity contribution < 1.29 is 32.2 Å². The van der Waals surface area contributed by atoms with E-state index >= 15 is 4.39 Å². The zero-order chi connectivity index (χ0) is 27.3. The smallest absolute Gasteiger partial charge is 0.416 e. The fourth-order valence-electron chi connectivity index (χ4n) is 5.33. The first kappa shape index (κ1) is 27.8. The molecule has 3 aromatic rings. The first-order chi connectivity index (χ1) is 18.2. The standard InChI is InChI=1S/C29H32F4N2O3/c1-38-22-9-11-27-24(17-22)23(12-14-34-27)26(30)10-6-20-13-16-35(18-25(20)28(36)37)15-2-3-19-4-7-21(8-5-19)29(31,32)33/h4-5,7-9,11-12,14,17,20,25-26H,2-3,6,10,13,15-16,18H2,1H3,(H,36,37)/t20-,25+,26?/m1/s1. The van der Waals surface area contributed by atoms with E-state index in [0.29, 0.717) is 67.5 Å². The van der Waals surface area contributed by atoms with Gasteiger partial charge in [0.05, 0.1) is 24.1 Å². The highest BCUT2D eigenvalue weighted by atomic mass is 19.4. The van der Waals surface area contributed by atoms with E-state index < -0.39 is 29.8 Å². The number of nitrogens with zero attached hydrogens (tertiary/aromatic N) is 2. The van der Waals surface area contributed by atoms with Gasteiger partial charge in [-0.05, 0) is 98.6 Å². The number of aromatic nitrogens is 1. The van der Waals surface area contributed by atoms with Gasteiger partial charge in [-0.3, -0.25) is 9.78 Å². The second kappa shape index (κ2) is 12.1. The van der Waals surface area contributed by atoms with Gasteiger partial charge in [0.2, 0.25) is 0 Å². The fourth-order valence-corrected chi connectivity index (χ4v) is 5.33. The van der Waals surface area contributed by atoms with Crippen molar-refractivity contribution in [3.8, 4) is 5.75 Å². The Hall–Kier alpha value is -3.20. The molecule has 9 heteroatoms. The Morgan fingerprint density at radius 1 is 1.18 bits per heavy atom. The number of pyridine rings is 1. The molecule has 1 aromatic heterocycles. The molecule has 2 heterocycles. The maximum atomic E-state index is 15.4. The average Bonchev–Trinajstić information content (AvgIpc) is 2.91. The van der Waals surface area contributed by atoms with E-state index in [1.807, 2.05) is 0 Å². The molecule has 0 saturated carbocycles. The number of fused-ring (bicyclic) bond motifs is 1. The summed E-state index contributed by atoms with van der Waals surface area (Å²) in [5.74, 6) is -0.969. The van der Waals surface area contributed by atoms with Crippen LogP contribution in [0.2, 0.25) is 0 Å². The van der Waals surface area contributed by atoms with Crippen molar-refractivity contribution in [1.29, 1.82) is 0 Å². The van der Waals surface area contributed by atoms with Crippen molar-refractivity contribution in [3.63, 3.8) is 0 Å². The predicted octanol–water partition coefficient (Wildman–Crippen LogP) is 6.71. The van der Waals surface area contributed by atoms with Crippen molar-refractivity contribution in [3.05, 3.63) is 71.4 Å². The average molecular weight is 533 g/mol. The van der Waals surface area contributed by atoms with Crippen molar-refractivity contribution in [2.75, 3.05) is 26.7 Å². The van der Waals surface area contributed by atoms with Crippen LogP contribution < -0.4 is 4.74 Å². The minimum atomic E-state index is -4.35. The molecule has 3 atom stereocenters. The Bertz CT molecular complexity index is 1230. The number of carboxylic acids is 1. The van der Waals surface area contributed by atoms with E-state index in [1.54, 1.807) is 37.6 Å². The minimum Gasteiger partial charge on any atom is -0.497 e. The number of carboxylic acid groups (broad SMARTS) is 1. The lowest BCUT2D eigenvalue weighted by atomic mass is 9.81. The summed E-state index contributed by atoms with van der Waals surface area (Å²) >= 11 is 0. The van der Waals surface area contributed by atoms with Gasteiger partial charge in [0.1, 0.15) is 11.9 Å². The van der Waals surface area contributed by atoms with Gasteiger partial charge in [0.25, 0.3) is 0 Å². The molecule has 2 aromatic carbocycles. The normalized spacial score (nSPS) is 19.4. The Kier molecular flexibility index (Phi) is 8.87. The van der Waals surface area contributed by atoms with Gasteiger partial charge in [-0.25, -0.2) is 4.39 Å². The third-order valence-electron chi connectivity index (χ3n) is 7.49. The Labute approximate surface area is 219 Å². The second-order valence-corrected chi connectivity index (χ2v) is 9.92. The van der Waals surface area contributed by atoms with Crippen LogP contribution in [0.5, 0.6) is 5.75 Å². The third kappa shape index (κ3) is 6.81. The van der Waals surface area contributed by atoms with Gasteiger partial charge in [0, 0.05) is 18.1 Å². The van der Waals surface area contributed by atoms with Crippen LogP contribution in [0.15, 0.2) is 54.7 Å². The maximum Gasteiger partial charge on any atom is 0.416 e. The molecule has 5 nitrogen and oxygen atoms in total. The molecule has 38 heavy (non-hydrogen) atoms. The maximum absolute atomic E-state index is 15.4. The van der Waals surface area contributed by atoms with Gasteiger partial charge < -0.3 is 14.7 Å². The first-order valence-electron chi connectivity index (χ1n) is 12.8. The van der Waals surface area contributed by atoms with Crippen LogP contribution in [0.1, 0.15) is 48.5 Å². The summed E-state index contributed by atoms with van der Waals surface area (Å²) in [7, 11) is 1.55. The van der Waals surface area contributed by atoms with Gasteiger partial charge in [-0.1, -0.05) is 12.1 Å². The van der Waals surface area contributed by atoms with E-state index in [9.17, 15) is 23.1 Å². The summed E-state index contributed by atoms with van der Waals surface area (Å²) in [6.45, 7) is 1.77. The number of ether oxygens (including phenoxy) is 1. The summed E-state index contributed by atoms with van der Waals surface area (Å²) < 4.78 is 58.9. The van der Waals surface area contributed by atoms with E-state index in [0.717, 1.165) is 17.7 Å². The molecule has 4 rings (SSSR count). The molecule has 1 unspecified atom stereocenters. The van der Waals surface area contributed by atoms with E-state index in [-0.39, 0.29) is 12.3 Å². The highest BCUT2D eigenvalue weighted by molar-refractivity contribution is 5.83. The lowest BCUT2D eigenvalue weighted by Gasteiger charge is -2.37. The third-order valence-corrected chi connectivity index (χ3v) is 7.49. The van der Waals surface area contributed by atoms with Crippen molar-refractivity contribution in [2.45, 2.75) is 44.5 Å². The van der Waals surface area contributed by atoms with E-state index in [4.69, 9.17) is 4.74 Å². The summed E-state index contributed by atoms with van der Waals surface area (Å²) in [5, 5.41) is 10.6. The van der Waals surface area contributed by atoms with E-state index in [1.165, 1.54) is 12.1 Å². The summed E-state index contributed by atoms with van der Waals surface area (Å²) in [5.41, 5.74) is 1.36. The Balaban J connectivity index is 1.30. The van der Waals surface area contributed by atoms with Crippen molar-refractivity contribution in [1.82, 2.24) is 9.88 Å². The van der Waals surface area contributed by atoms with Gasteiger partial charge >= 0.3 is 12.1 Å². The number of carbonyl (C=O) groups is 1. The highest BCUT2D eigenvalue weighted by Crippen LogP contribution is 2.35. The Morgan fingerprint density at radius 3 is 2.63 bits per heavy atom. The molecule has 1 aliphatic rings. The number of hydrogen-bond acceptors (Lipinski definition) is 4. The molecule has 0 bridgehead atoms. The number of piperidine rings is 1. The predicted molar refractivity (Wildman–Crippen MR) is 137 cm³/mol. The van der Waals surface area contributed by atoms with Crippen LogP contribution in [0.4, 0.5) is 17.6 Å². The van der Waals surface area contributed by atoms with Crippen LogP contribution in [-0.2, 0) is 17.4 Å². The number of aliphatic carboxylic acids is 1. The summed E-state index contributed by atoms with van der Waals surface area (Å²) in [6.07, 6.45) is -1.34. The molecule has 0 aliphatic carbocycles. The number of benzene rings is 2. The summed E-state index contributed by atoms with van der Waals surface area (Å²) in [6, 6.07) is 12.2. The molecular formula is C29H32F4N2O3. The lowest BCUT2D eigenvalue weighted by molar-refractivity contribution is -0.146. The topological polar surface area (TPSA) is 62.7 Å². The number of likely N-dealkylation sites (tertiary alicyclic amines) is 1. The zero-order valence-corrected chi connectivity index (χ0v) is 21.3. The number of halogens is 4. The molecular weight excluding hydrogens is 500 g/mol. The number of rotatable bonds is 10. The molecule has 1 N–H and O–H groups in total. The molecule has 1 fully saturated rings. The van der Waals surface area contributed by atoms with Crippen LogP contribution >= 0.6 is 0 Å². The molecule has 0 spiro atoms. The molecule has 0 radical (unpaired) electrons. The largest absolute Gasteiger partial charge is 0.497 e. The van der Waals surface area contributed by atoms with E-state index in [2.05, 4.69) is 9.88 Å². The highest BCUT2D eigenvalue weighted by Gasteiger charge is 2.34. The molecule has 204 valence electrons. The van der Waals surface area contributed by atoms with Crippen LogP contribution in [0.25, 0.3) is 10.9 Å². The van der Waals surface area contributed by atoms with Gasteiger partial charge in [-0.2, -0.15) is 13.2 Å². The van der Waals surface area contributed by atoms with Crippen molar-refractivity contribution >= 4 is 16.9 Å². The zero-order valence-electron chi connectivity index (χ0n) is 21.3. The van der Waals surface area contributed by atoms with Crippen LogP contribution in [0.3, 0.4) is 0 Å². The Morgan fingerprint density at radius 2 is 1.95 bits per heavy atom. The first-order valence-corrected chi connectivity index (χ1v) is 12.8.